The van der Waals surface area contributed by atoms with Gasteiger partial charge in [-0.25, -0.2) is 4.79 Å². The zero-order valence-corrected chi connectivity index (χ0v) is 12.1. The van der Waals surface area contributed by atoms with Crippen LogP contribution in [0.15, 0.2) is 36.4 Å². The fourth-order valence-corrected chi connectivity index (χ4v) is 3.01. The number of fused-ring (bicyclic) bond motifs is 1. The van der Waals surface area contributed by atoms with Gasteiger partial charge in [-0.2, -0.15) is 0 Å². The molecule has 0 aromatic heterocycles. The summed E-state index contributed by atoms with van der Waals surface area (Å²) in [6.45, 7) is 0.664. The Morgan fingerprint density at radius 2 is 1.90 bits per heavy atom. The Morgan fingerprint density at radius 1 is 1.20 bits per heavy atom. The topological polar surface area (TPSA) is 57.6 Å². The van der Waals surface area contributed by atoms with Crippen molar-refractivity contribution in [3.63, 3.8) is 0 Å². The van der Waals surface area contributed by atoms with Gasteiger partial charge in [-0.05, 0) is 35.0 Å². The lowest BCUT2D eigenvalue weighted by Crippen LogP contribution is -2.24. The van der Waals surface area contributed by atoms with Crippen LogP contribution in [0, 0.1) is 0 Å². The summed E-state index contributed by atoms with van der Waals surface area (Å²) in [4.78, 5) is 24.8. The number of halogens is 1. The molecule has 0 spiro atoms. The molecule has 2 aromatic carbocycles. The molecule has 0 saturated carbocycles. The summed E-state index contributed by atoms with van der Waals surface area (Å²) in [6, 6.07) is 10.6. The highest BCUT2D eigenvalue weighted by molar-refractivity contribution is 9.09. The molecule has 1 aliphatic heterocycles. The first-order chi connectivity index (χ1) is 9.54. The van der Waals surface area contributed by atoms with Crippen molar-refractivity contribution in [2.75, 3.05) is 11.4 Å². The van der Waals surface area contributed by atoms with E-state index in [0.717, 1.165) is 16.5 Å². The number of alkyl halides is 1. The van der Waals surface area contributed by atoms with Gasteiger partial charge in [0.1, 0.15) is 0 Å². The van der Waals surface area contributed by atoms with Gasteiger partial charge in [0.15, 0.2) is 0 Å². The third-order valence-corrected chi connectivity index (χ3v) is 4.07. The number of carbonyl (C=O) groups excluding carboxylic acids is 1. The number of hydrogen-bond acceptors (Lipinski definition) is 2. The van der Waals surface area contributed by atoms with Crippen molar-refractivity contribution < 1.29 is 14.7 Å². The lowest BCUT2D eigenvalue weighted by Gasteiger charge is -2.16. The number of anilines is 1. The Labute approximate surface area is 124 Å². The maximum absolute atomic E-state index is 11.9. The van der Waals surface area contributed by atoms with Crippen LogP contribution in [0.1, 0.15) is 16.8 Å². The molecule has 102 valence electrons. The van der Waals surface area contributed by atoms with Crippen molar-refractivity contribution in [2.45, 2.75) is 11.2 Å². The summed E-state index contributed by atoms with van der Waals surface area (Å²) in [6.07, 6.45) is 0.510. The SMILES string of the molecule is O=C(O)c1ccc2cc(N3CC(Br)CC3=O)ccc2c1. The monoisotopic (exact) mass is 333 g/mol. The molecule has 1 atom stereocenters. The first-order valence-corrected chi connectivity index (χ1v) is 7.18. The molecule has 3 rings (SSSR count). The fourth-order valence-electron chi connectivity index (χ4n) is 2.45. The van der Waals surface area contributed by atoms with Crippen molar-refractivity contribution in [2.24, 2.45) is 0 Å². The molecule has 1 fully saturated rings. The van der Waals surface area contributed by atoms with E-state index in [1.807, 2.05) is 18.2 Å². The standard InChI is InChI=1S/C15H12BrNO3/c16-12-7-14(18)17(8-12)13-4-3-9-5-11(15(19)20)2-1-10(9)6-13/h1-6,12H,7-8H2,(H,19,20). The molecular formula is C15H12BrNO3. The number of aromatic carboxylic acids is 1. The molecule has 0 aliphatic carbocycles. The van der Waals surface area contributed by atoms with Crippen molar-refractivity contribution >= 4 is 44.3 Å². The first-order valence-electron chi connectivity index (χ1n) is 6.26. The second kappa shape index (κ2) is 4.90. The van der Waals surface area contributed by atoms with Gasteiger partial charge in [-0.1, -0.05) is 28.1 Å². The summed E-state index contributed by atoms with van der Waals surface area (Å²) in [5.41, 5.74) is 1.12. The number of hydrogen-bond donors (Lipinski definition) is 1. The maximum Gasteiger partial charge on any atom is 0.335 e. The Morgan fingerprint density at radius 3 is 2.55 bits per heavy atom. The van der Waals surface area contributed by atoms with E-state index in [0.29, 0.717) is 13.0 Å². The summed E-state index contributed by atoms with van der Waals surface area (Å²) >= 11 is 3.46. The highest BCUT2D eigenvalue weighted by Gasteiger charge is 2.28. The summed E-state index contributed by atoms with van der Waals surface area (Å²) in [7, 11) is 0. The van der Waals surface area contributed by atoms with Gasteiger partial charge in [0.25, 0.3) is 0 Å². The third kappa shape index (κ3) is 2.29. The lowest BCUT2D eigenvalue weighted by molar-refractivity contribution is -0.117. The summed E-state index contributed by atoms with van der Waals surface area (Å²) in [5, 5.41) is 10.8. The second-order valence-corrected chi connectivity index (χ2v) is 6.15. The molecule has 2 aromatic rings. The largest absolute Gasteiger partial charge is 0.478 e. The minimum absolute atomic E-state index is 0.105. The van der Waals surface area contributed by atoms with Gasteiger partial charge in [-0.15, -0.1) is 0 Å². The number of amides is 1. The molecule has 1 unspecified atom stereocenters. The number of carboxylic acid groups (broad SMARTS) is 1. The minimum Gasteiger partial charge on any atom is -0.478 e. The van der Waals surface area contributed by atoms with E-state index in [-0.39, 0.29) is 16.3 Å². The number of carbonyl (C=O) groups is 2. The first kappa shape index (κ1) is 13.1. The molecule has 1 aliphatic rings. The van der Waals surface area contributed by atoms with Crippen LogP contribution in [0.2, 0.25) is 0 Å². The van der Waals surface area contributed by atoms with Gasteiger partial charge in [0, 0.05) is 23.5 Å². The molecule has 0 radical (unpaired) electrons. The molecule has 5 heteroatoms. The highest BCUT2D eigenvalue weighted by Crippen LogP contribution is 2.28. The number of carboxylic acids is 1. The second-order valence-electron chi connectivity index (χ2n) is 4.86. The Bertz CT molecular complexity index is 713. The zero-order valence-electron chi connectivity index (χ0n) is 10.5. The summed E-state index contributed by atoms with van der Waals surface area (Å²) in [5.74, 6) is -0.832. The van der Waals surface area contributed by atoms with Gasteiger partial charge in [-0.3, -0.25) is 4.79 Å². The molecule has 1 heterocycles. The van der Waals surface area contributed by atoms with Crippen LogP contribution in [0.3, 0.4) is 0 Å². The Hall–Kier alpha value is -1.88. The Balaban J connectivity index is 2.01. The van der Waals surface area contributed by atoms with Crippen LogP contribution in [-0.4, -0.2) is 28.4 Å². The fraction of sp³-hybridized carbons (Fsp3) is 0.200. The lowest BCUT2D eigenvalue weighted by atomic mass is 10.1. The van der Waals surface area contributed by atoms with Gasteiger partial charge in [0.2, 0.25) is 5.91 Å². The normalized spacial score (nSPS) is 18.8. The van der Waals surface area contributed by atoms with Crippen LogP contribution >= 0.6 is 15.9 Å². The maximum atomic E-state index is 11.9. The molecule has 4 nitrogen and oxygen atoms in total. The van der Waals surface area contributed by atoms with Crippen LogP contribution in [0.25, 0.3) is 10.8 Å². The minimum atomic E-state index is -0.937. The van der Waals surface area contributed by atoms with E-state index >= 15 is 0 Å². The molecule has 0 bridgehead atoms. The molecule has 1 amide bonds. The van der Waals surface area contributed by atoms with E-state index in [2.05, 4.69) is 15.9 Å². The van der Waals surface area contributed by atoms with Crippen LogP contribution in [0.4, 0.5) is 5.69 Å². The third-order valence-electron chi connectivity index (χ3n) is 3.46. The van der Waals surface area contributed by atoms with Gasteiger partial charge in [0.05, 0.1) is 5.56 Å². The van der Waals surface area contributed by atoms with E-state index in [1.165, 1.54) is 0 Å². The molecule has 20 heavy (non-hydrogen) atoms. The van der Waals surface area contributed by atoms with Crippen molar-refractivity contribution in [1.29, 1.82) is 0 Å². The van der Waals surface area contributed by atoms with E-state index in [9.17, 15) is 9.59 Å². The quantitative estimate of drug-likeness (QED) is 0.859. The summed E-state index contributed by atoms with van der Waals surface area (Å²) < 4.78 is 0. The van der Waals surface area contributed by atoms with Crippen LogP contribution in [-0.2, 0) is 4.79 Å². The van der Waals surface area contributed by atoms with Crippen molar-refractivity contribution in [1.82, 2.24) is 0 Å². The highest BCUT2D eigenvalue weighted by atomic mass is 79.9. The number of benzene rings is 2. The predicted octanol–water partition coefficient (Wildman–Crippen LogP) is 3.04. The van der Waals surface area contributed by atoms with Gasteiger partial charge >= 0.3 is 5.97 Å². The average molecular weight is 334 g/mol. The number of nitrogens with zero attached hydrogens (tertiary/aromatic N) is 1. The van der Waals surface area contributed by atoms with Crippen LogP contribution in [0.5, 0.6) is 0 Å². The van der Waals surface area contributed by atoms with Crippen LogP contribution < -0.4 is 4.90 Å². The smallest absolute Gasteiger partial charge is 0.335 e. The van der Waals surface area contributed by atoms with Gasteiger partial charge < -0.3 is 10.0 Å². The van der Waals surface area contributed by atoms with E-state index < -0.39 is 5.97 Å². The zero-order chi connectivity index (χ0) is 14.3. The van der Waals surface area contributed by atoms with Crippen molar-refractivity contribution in [3.8, 4) is 0 Å². The van der Waals surface area contributed by atoms with E-state index in [4.69, 9.17) is 5.11 Å². The predicted molar refractivity (Wildman–Crippen MR) is 80.6 cm³/mol. The molecule has 1 saturated heterocycles. The Kier molecular flexibility index (Phi) is 3.22. The average Bonchev–Trinajstić information content (AvgIpc) is 2.76. The number of rotatable bonds is 2. The van der Waals surface area contributed by atoms with Crippen molar-refractivity contribution in [3.05, 3.63) is 42.0 Å². The molecular weight excluding hydrogens is 322 g/mol. The van der Waals surface area contributed by atoms with E-state index in [1.54, 1.807) is 23.1 Å². The molecule has 1 N–H and O–H groups in total.